The molecule has 0 amide bonds. The lowest BCUT2D eigenvalue weighted by molar-refractivity contribution is 0.907. The first-order valence-corrected chi connectivity index (χ1v) is 3.05. The highest BCUT2D eigenvalue weighted by Crippen LogP contribution is 1.90. The average Bonchev–Trinajstić information content (AvgIpc) is 2.21. The van der Waals surface area contributed by atoms with E-state index in [1.807, 2.05) is 6.08 Å². The van der Waals surface area contributed by atoms with Crippen LogP contribution in [-0.4, -0.2) is 11.1 Å². The highest BCUT2D eigenvalue weighted by atomic mass is 15.0. The van der Waals surface area contributed by atoms with Crippen LogP contribution in [-0.2, 0) is 0 Å². The highest BCUT2D eigenvalue weighted by molar-refractivity contribution is 5.37. The van der Waals surface area contributed by atoms with Gasteiger partial charge in [0, 0.05) is 6.07 Å². The smallest absolute Gasteiger partial charge is 0.119 e. The van der Waals surface area contributed by atoms with Crippen molar-refractivity contribution in [1.29, 1.82) is 0 Å². The van der Waals surface area contributed by atoms with E-state index in [-0.39, 0.29) is 6.17 Å². The van der Waals surface area contributed by atoms with Gasteiger partial charge < -0.3 is 16.5 Å². The van der Waals surface area contributed by atoms with E-state index in [1.165, 1.54) is 0 Å². The van der Waals surface area contributed by atoms with Crippen LogP contribution < -0.4 is 22.2 Å². The van der Waals surface area contributed by atoms with Gasteiger partial charge in [-0.1, -0.05) is 0 Å². The number of nitrogen functional groups attached to an aromatic ring is 1. The van der Waals surface area contributed by atoms with Crippen molar-refractivity contribution in [1.82, 2.24) is 4.98 Å². The van der Waals surface area contributed by atoms with Crippen LogP contribution in [0.1, 0.15) is 0 Å². The SMILES string of the molecule is Nc1cc2c([nH]1)=CC(N)N=2. The molecule has 2 rings (SSSR count). The van der Waals surface area contributed by atoms with Crippen LogP contribution in [0.2, 0.25) is 0 Å². The number of nitrogens with two attached hydrogens (primary N) is 2. The number of anilines is 1. The molecule has 0 spiro atoms. The minimum Gasteiger partial charge on any atom is -0.385 e. The van der Waals surface area contributed by atoms with Crippen molar-refractivity contribution >= 4 is 11.9 Å². The lowest BCUT2D eigenvalue weighted by Crippen LogP contribution is -2.17. The predicted molar refractivity (Wildman–Crippen MR) is 38.4 cm³/mol. The Morgan fingerprint density at radius 3 is 3.10 bits per heavy atom. The number of aromatic amines is 1. The molecule has 1 aliphatic heterocycles. The third-order valence-electron chi connectivity index (χ3n) is 1.47. The summed E-state index contributed by atoms with van der Waals surface area (Å²) in [5.74, 6) is 0.636. The van der Waals surface area contributed by atoms with Crippen molar-refractivity contribution in [2.24, 2.45) is 10.7 Å². The van der Waals surface area contributed by atoms with Crippen LogP contribution in [0.5, 0.6) is 0 Å². The zero-order valence-electron chi connectivity index (χ0n) is 5.33. The molecule has 0 aromatic carbocycles. The van der Waals surface area contributed by atoms with Crippen molar-refractivity contribution in [2.45, 2.75) is 6.17 Å². The monoisotopic (exact) mass is 136 g/mol. The molecule has 1 unspecified atom stereocenters. The molecule has 1 aromatic heterocycles. The Morgan fingerprint density at radius 2 is 2.40 bits per heavy atom. The lowest BCUT2D eigenvalue weighted by Gasteiger charge is -1.88. The molecular weight excluding hydrogens is 128 g/mol. The van der Waals surface area contributed by atoms with Crippen molar-refractivity contribution < 1.29 is 0 Å². The topological polar surface area (TPSA) is 80.2 Å². The van der Waals surface area contributed by atoms with Gasteiger partial charge in [0.1, 0.15) is 12.0 Å². The van der Waals surface area contributed by atoms with E-state index in [1.54, 1.807) is 6.07 Å². The van der Waals surface area contributed by atoms with Gasteiger partial charge >= 0.3 is 0 Å². The maximum atomic E-state index is 5.50. The molecule has 0 saturated carbocycles. The summed E-state index contributed by atoms with van der Waals surface area (Å²) in [6, 6.07) is 1.78. The second-order valence-electron chi connectivity index (χ2n) is 2.31. The minimum absolute atomic E-state index is 0.193. The molecule has 0 fully saturated rings. The molecule has 1 atom stereocenters. The second-order valence-corrected chi connectivity index (χ2v) is 2.31. The molecular formula is C6H8N4. The molecule has 2 heterocycles. The van der Waals surface area contributed by atoms with Gasteiger partial charge in [-0.25, -0.2) is 0 Å². The number of nitrogens with one attached hydrogen (secondary N) is 1. The number of H-pyrrole nitrogens is 1. The Hall–Kier alpha value is -1.29. The maximum Gasteiger partial charge on any atom is 0.119 e. The zero-order chi connectivity index (χ0) is 7.14. The van der Waals surface area contributed by atoms with E-state index in [0.29, 0.717) is 5.82 Å². The summed E-state index contributed by atoms with van der Waals surface area (Å²) >= 11 is 0. The quantitative estimate of drug-likeness (QED) is 0.397. The van der Waals surface area contributed by atoms with E-state index in [2.05, 4.69) is 9.98 Å². The van der Waals surface area contributed by atoms with Gasteiger partial charge in [-0.2, -0.15) is 0 Å². The zero-order valence-corrected chi connectivity index (χ0v) is 5.33. The standard InChI is InChI=1S/C6H8N4/c7-5-1-3-4(10-5)2-6(8)9-3/h1-2,5,9H,7-8H2. The summed E-state index contributed by atoms with van der Waals surface area (Å²) in [5.41, 5.74) is 11.0. The molecule has 4 nitrogen and oxygen atoms in total. The molecule has 0 radical (unpaired) electrons. The van der Waals surface area contributed by atoms with Crippen molar-refractivity contribution in [3.8, 4) is 0 Å². The van der Waals surface area contributed by atoms with E-state index in [9.17, 15) is 0 Å². The number of nitrogens with zero attached hydrogens (tertiary/aromatic N) is 1. The van der Waals surface area contributed by atoms with Gasteiger partial charge in [-0.3, -0.25) is 4.99 Å². The van der Waals surface area contributed by atoms with Gasteiger partial charge in [0.05, 0.1) is 10.7 Å². The van der Waals surface area contributed by atoms with E-state index in [0.717, 1.165) is 10.7 Å². The third kappa shape index (κ3) is 0.625. The molecule has 0 aliphatic carbocycles. The number of hydrogen-bond donors (Lipinski definition) is 3. The fourth-order valence-electron chi connectivity index (χ4n) is 1.08. The Labute approximate surface area is 57.3 Å². The lowest BCUT2D eigenvalue weighted by atomic mass is 10.5. The first-order chi connectivity index (χ1) is 4.75. The minimum atomic E-state index is -0.193. The molecule has 52 valence electrons. The first-order valence-electron chi connectivity index (χ1n) is 3.05. The summed E-state index contributed by atoms with van der Waals surface area (Å²) < 4.78 is 0. The van der Waals surface area contributed by atoms with Crippen molar-refractivity contribution in [2.75, 3.05) is 5.73 Å². The molecule has 4 heteroatoms. The second kappa shape index (κ2) is 1.60. The number of fused-ring (bicyclic) bond motifs is 1. The summed E-state index contributed by atoms with van der Waals surface area (Å²) in [6.07, 6.45) is 1.65. The van der Waals surface area contributed by atoms with E-state index < -0.39 is 0 Å². The highest BCUT2D eigenvalue weighted by Gasteiger charge is 2.03. The summed E-state index contributed by atoms with van der Waals surface area (Å²) in [7, 11) is 0. The molecule has 0 saturated heterocycles. The largest absolute Gasteiger partial charge is 0.385 e. The van der Waals surface area contributed by atoms with Crippen LogP contribution >= 0.6 is 0 Å². The molecule has 1 aromatic rings. The summed E-state index contributed by atoms with van der Waals surface area (Å²) in [4.78, 5) is 7.02. The van der Waals surface area contributed by atoms with Gasteiger partial charge in [0.15, 0.2) is 0 Å². The predicted octanol–water partition coefficient (Wildman–Crippen LogP) is -1.70. The molecule has 5 N–H and O–H groups in total. The van der Waals surface area contributed by atoms with Gasteiger partial charge in [-0.05, 0) is 6.08 Å². The summed E-state index contributed by atoms with van der Waals surface area (Å²) in [5, 5.41) is 1.80. The van der Waals surface area contributed by atoms with Gasteiger partial charge in [-0.15, -0.1) is 0 Å². The van der Waals surface area contributed by atoms with Crippen LogP contribution in [0.3, 0.4) is 0 Å². The van der Waals surface area contributed by atoms with E-state index in [4.69, 9.17) is 11.5 Å². The van der Waals surface area contributed by atoms with Gasteiger partial charge in [0.25, 0.3) is 0 Å². The maximum absolute atomic E-state index is 5.50. The van der Waals surface area contributed by atoms with Crippen LogP contribution in [0, 0.1) is 0 Å². The molecule has 0 bridgehead atoms. The van der Waals surface area contributed by atoms with Crippen molar-refractivity contribution in [3.63, 3.8) is 0 Å². The number of hydrogen-bond acceptors (Lipinski definition) is 3. The fourth-order valence-corrected chi connectivity index (χ4v) is 1.08. The number of rotatable bonds is 0. The molecule has 1 aliphatic rings. The van der Waals surface area contributed by atoms with Crippen molar-refractivity contribution in [3.05, 3.63) is 16.8 Å². The Balaban J connectivity index is 2.78. The Bertz CT molecular complexity index is 328. The average molecular weight is 136 g/mol. The van der Waals surface area contributed by atoms with E-state index >= 15 is 0 Å². The van der Waals surface area contributed by atoms with Gasteiger partial charge in [0.2, 0.25) is 0 Å². The Morgan fingerprint density at radius 1 is 1.60 bits per heavy atom. The number of aromatic nitrogens is 1. The van der Waals surface area contributed by atoms with Crippen LogP contribution in [0.4, 0.5) is 5.82 Å². The van der Waals surface area contributed by atoms with Crippen LogP contribution in [0.15, 0.2) is 11.1 Å². The Kier molecular flexibility index (Phi) is 0.881. The fraction of sp³-hybridized carbons (Fsp3) is 0.167. The summed E-state index contributed by atoms with van der Waals surface area (Å²) in [6.45, 7) is 0. The third-order valence-corrected chi connectivity index (χ3v) is 1.47. The first kappa shape index (κ1) is 5.49. The van der Waals surface area contributed by atoms with Crippen LogP contribution in [0.25, 0.3) is 6.08 Å². The molecule has 10 heavy (non-hydrogen) atoms. The normalized spacial score (nSPS) is 21.5.